The molecule has 1 aliphatic rings. The molecule has 2 aromatic rings. The summed E-state index contributed by atoms with van der Waals surface area (Å²) in [6.07, 6.45) is 7.18. The first kappa shape index (κ1) is 21.2. The number of nitrogens with two attached hydrogens (primary N) is 1. The van der Waals surface area contributed by atoms with Crippen molar-refractivity contribution in [3.05, 3.63) is 36.0 Å². The number of aromatic hydroxyl groups is 1. The Bertz CT molecular complexity index is 791. The molecule has 3 rings (SSSR count). The molecule has 1 unspecified atom stereocenters. The van der Waals surface area contributed by atoms with E-state index in [1.54, 1.807) is 12.3 Å². The zero-order chi connectivity index (χ0) is 20.8. The molecule has 1 aromatic carbocycles. The van der Waals surface area contributed by atoms with Crippen molar-refractivity contribution in [2.75, 3.05) is 30.9 Å². The molecule has 1 saturated carbocycles. The molecule has 0 radical (unpaired) electrons. The second-order valence-corrected chi connectivity index (χ2v) is 8.00. The Morgan fingerprint density at radius 2 is 2.00 bits per heavy atom. The molecule has 1 aromatic heterocycles. The lowest BCUT2D eigenvalue weighted by Gasteiger charge is -2.30. The summed E-state index contributed by atoms with van der Waals surface area (Å²) in [6, 6.07) is 7.69. The van der Waals surface area contributed by atoms with Gasteiger partial charge < -0.3 is 25.8 Å². The van der Waals surface area contributed by atoms with Gasteiger partial charge >= 0.3 is 0 Å². The summed E-state index contributed by atoms with van der Waals surface area (Å²) in [4.78, 5) is 10.9. The molecular weight excluding hydrogens is 366 g/mol. The summed E-state index contributed by atoms with van der Waals surface area (Å²) >= 11 is 0. The first-order chi connectivity index (χ1) is 14.0. The van der Waals surface area contributed by atoms with Gasteiger partial charge in [0.05, 0.1) is 6.61 Å². The molecular formula is C22H33N5O2. The first-order valence-corrected chi connectivity index (χ1v) is 10.4. The van der Waals surface area contributed by atoms with E-state index in [0.717, 1.165) is 43.5 Å². The number of benzene rings is 1. The number of nitrogens with zero attached hydrogens (tertiary/aromatic N) is 3. The molecule has 1 fully saturated rings. The summed E-state index contributed by atoms with van der Waals surface area (Å²) < 4.78 is 5.48. The van der Waals surface area contributed by atoms with Gasteiger partial charge in [-0.3, -0.25) is 0 Å². The van der Waals surface area contributed by atoms with Crippen molar-refractivity contribution >= 4 is 11.8 Å². The molecule has 0 saturated heterocycles. The Labute approximate surface area is 173 Å². The lowest BCUT2D eigenvalue weighted by molar-refractivity contribution is 0.301. The Morgan fingerprint density at radius 3 is 2.69 bits per heavy atom. The van der Waals surface area contributed by atoms with Gasteiger partial charge in [-0.2, -0.15) is 4.98 Å². The summed E-state index contributed by atoms with van der Waals surface area (Å²) in [7, 11) is 3.96. The van der Waals surface area contributed by atoms with Gasteiger partial charge in [-0.1, -0.05) is 6.07 Å². The third kappa shape index (κ3) is 5.73. The van der Waals surface area contributed by atoms with Crippen LogP contribution < -0.4 is 20.7 Å². The smallest absolute Gasteiger partial charge is 0.224 e. The fourth-order valence-electron chi connectivity index (χ4n) is 3.92. The van der Waals surface area contributed by atoms with E-state index < -0.39 is 0 Å². The highest BCUT2D eigenvalue weighted by Crippen LogP contribution is 2.34. The molecule has 0 aliphatic heterocycles. The van der Waals surface area contributed by atoms with E-state index in [4.69, 9.17) is 10.5 Å². The van der Waals surface area contributed by atoms with E-state index >= 15 is 0 Å². The van der Waals surface area contributed by atoms with Crippen LogP contribution in [0, 0.1) is 5.92 Å². The molecule has 1 aliphatic carbocycles. The summed E-state index contributed by atoms with van der Waals surface area (Å²) in [5, 5.41) is 13.4. The molecule has 0 amide bonds. The number of hydrogen-bond donors (Lipinski definition) is 3. The number of phenols is 1. The second kappa shape index (κ2) is 9.78. The number of nitrogens with one attached hydrogen (secondary N) is 1. The largest absolute Gasteiger partial charge is 0.504 e. The molecule has 29 heavy (non-hydrogen) atoms. The van der Waals surface area contributed by atoms with Crippen molar-refractivity contribution in [3.63, 3.8) is 0 Å². The fourth-order valence-corrected chi connectivity index (χ4v) is 3.92. The number of rotatable bonds is 8. The topological polar surface area (TPSA) is 96.5 Å². The maximum absolute atomic E-state index is 9.88. The summed E-state index contributed by atoms with van der Waals surface area (Å²) in [5.41, 5.74) is 7.48. The number of phenolic OH excluding ortho intramolecular Hbond substituents is 1. The lowest BCUT2D eigenvalue weighted by Crippen LogP contribution is -2.28. The quantitative estimate of drug-likeness (QED) is 0.623. The number of aromatic nitrogens is 2. The maximum Gasteiger partial charge on any atom is 0.224 e. The van der Waals surface area contributed by atoms with Crippen molar-refractivity contribution in [3.8, 4) is 11.5 Å². The SMILES string of the molecule is CCOc1cc(C(N)CC2CCC(Nc3nccc(N(C)C)n3)CC2)ccc1O. The molecule has 0 bridgehead atoms. The Hall–Kier alpha value is -2.54. The van der Waals surface area contributed by atoms with Crippen molar-refractivity contribution in [1.29, 1.82) is 0 Å². The number of anilines is 2. The first-order valence-electron chi connectivity index (χ1n) is 10.4. The zero-order valence-corrected chi connectivity index (χ0v) is 17.6. The summed E-state index contributed by atoms with van der Waals surface area (Å²) in [5.74, 6) is 2.87. The molecule has 0 spiro atoms. The molecule has 7 nitrogen and oxygen atoms in total. The molecule has 1 heterocycles. The van der Waals surface area contributed by atoms with Crippen LogP contribution in [0.3, 0.4) is 0 Å². The maximum atomic E-state index is 9.88. The van der Waals surface area contributed by atoms with E-state index in [1.165, 1.54) is 0 Å². The van der Waals surface area contributed by atoms with Gasteiger partial charge in [0.15, 0.2) is 11.5 Å². The second-order valence-electron chi connectivity index (χ2n) is 8.00. The normalized spacial score (nSPS) is 20.1. The van der Waals surface area contributed by atoms with Crippen LogP contribution in [0.25, 0.3) is 0 Å². The molecule has 158 valence electrons. The van der Waals surface area contributed by atoms with Gasteiger partial charge in [-0.25, -0.2) is 4.98 Å². The van der Waals surface area contributed by atoms with Crippen molar-refractivity contribution < 1.29 is 9.84 Å². The predicted molar refractivity (Wildman–Crippen MR) is 117 cm³/mol. The van der Waals surface area contributed by atoms with Crippen molar-refractivity contribution in [2.45, 2.75) is 51.1 Å². The van der Waals surface area contributed by atoms with Crippen LogP contribution in [0.4, 0.5) is 11.8 Å². The van der Waals surface area contributed by atoms with Gasteiger partial charge in [-0.05, 0) is 68.7 Å². The molecule has 4 N–H and O–H groups in total. The highest BCUT2D eigenvalue weighted by molar-refractivity contribution is 5.43. The van der Waals surface area contributed by atoms with E-state index in [9.17, 15) is 5.11 Å². The summed E-state index contributed by atoms with van der Waals surface area (Å²) in [6.45, 7) is 2.42. The standard InChI is InChI=1S/C22H33N5O2/c1-4-29-20-14-16(7-10-19(20)28)18(23)13-15-5-8-17(9-6-15)25-22-24-12-11-21(26-22)27(2)3/h7,10-12,14-15,17-18,28H,4-6,8-9,13,23H2,1-3H3,(H,24,25,26). The molecule has 1 atom stereocenters. The van der Waals surface area contributed by atoms with Crippen molar-refractivity contribution in [2.24, 2.45) is 11.7 Å². The van der Waals surface area contributed by atoms with Crippen LogP contribution in [-0.4, -0.2) is 41.8 Å². The minimum atomic E-state index is -0.0515. The van der Waals surface area contributed by atoms with E-state index in [0.29, 0.717) is 30.3 Å². The van der Waals surface area contributed by atoms with Crippen LogP contribution >= 0.6 is 0 Å². The molecule has 7 heteroatoms. The Balaban J connectivity index is 1.51. The van der Waals surface area contributed by atoms with Gasteiger partial charge in [0.1, 0.15) is 5.82 Å². The Kier molecular flexibility index (Phi) is 7.14. The van der Waals surface area contributed by atoms with Gasteiger partial charge in [0.2, 0.25) is 5.95 Å². The number of hydrogen-bond acceptors (Lipinski definition) is 7. The van der Waals surface area contributed by atoms with E-state index in [1.807, 2.05) is 44.1 Å². The average Bonchev–Trinajstić information content (AvgIpc) is 2.71. The monoisotopic (exact) mass is 399 g/mol. The van der Waals surface area contributed by atoms with Crippen LogP contribution in [0.2, 0.25) is 0 Å². The number of ether oxygens (including phenoxy) is 1. The van der Waals surface area contributed by atoms with Crippen LogP contribution in [-0.2, 0) is 0 Å². The highest BCUT2D eigenvalue weighted by Gasteiger charge is 2.24. The van der Waals surface area contributed by atoms with Gasteiger partial charge in [-0.15, -0.1) is 0 Å². The van der Waals surface area contributed by atoms with Gasteiger partial charge in [0.25, 0.3) is 0 Å². The third-order valence-corrected chi connectivity index (χ3v) is 5.58. The van der Waals surface area contributed by atoms with Crippen LogP contribution in [0.1, 0.15) is 50.6 Å². The lowest BCUT2D eigenvalue weighted by atomic mass is 9.81. The van der Waals surface area contributed by atoms with Gasteiger partial charge in [0, 0.05) is 32.4 Å². The van der Waals surface area contributed by atoms with Crippen LogP contribution in [0.15, 0.2) is 30.5 Å². The Morgan fingerprint density at radius 1 is 1.24 bits per heavy atom. The fraction of sp³-hybridized carbons (Fsp3) is 0.545. The van der Waals surface area contributed by atoms with Crippen LogP contribution in [0.5, 0.6) is 11.5 Å². The van der Waals surface area contributed by atoms with E-state index in [2.05, 4.69) is 15.3 Å². The van der Waals surface area contributed by atoms with E-state index in [-0.39, 0.29) is 11.8 Å². The average molecular weight is 400 g/mol. The van der Waals surface area contributed by atoms with Crippen molar-refractivity contribution in [1.82, 2.24) is 9.97 Å². The minimum Gasteiger partial charge on any atom is -0.504 e. The minimum absolute atomic E-state index is 0.0515. The third-order valence-electron chi connectivity index (χ3n) is 5.58. The zero-order valence-electron chi connectivity index (χ0n) is 17.6. The predicted octanol–water partition coefficient (Wildman–Crippen LogP) is 3.71. The highest BCUT2D eigenvalue weighted by atomic mass is 16.5.